The van der Waals surface area contributed by atoms with Gasteiger partial charge in [0.1, 0.15) is 11.2 Å². The highest BCUT2D eigenvalue weighted by Crippen LogP contribution is 2.38. The normalized spacial score (nSPS) is 17.3. The Morgan fingerprint density at radius 1 is 1.09 bits per heavy atom. The Hall–Kier alpha value is -3.40. The standard InChI is InChI=1S/C23H19N5O2S2/c1-30-18-8-6-15(7-9-18)14-2-4-16(5-3-14)20-17(13-26-27-20)12-19-21(29)28(22(24)32-19)23-25-10-11-31-23/h2-13,22H,24H2,1H3,(H,26,27)/b19-12-. The highest BCUT2D eigenvalue weighted by molar-refractivity contribution is 8.05. The molecule has 0 aliphatic carbocycles. The number of nitrogens with two attached hydrogens (primary N) is 1. The van der Waals surface area contributed by atoms with E-state index in [-0.39, 0.29) is 5.91 Å². The second-order valence-corrected chi connectivity index (χ2v) is 9.04. The summed E-state index contributed by atoms with van der Waals surface area (Å²) in [6, 6.07) is 16.1. The van der Waals surface area contributed by atoms with E-state index in [4.69, 9.17) is 10.5 Å². The van der Waals surface area contributed by atoms with Gasteiger partial charge in [0.25, 0.3) is 5.91 Å². The molecule has 1 unspecified atom stereocenters. The number of carbonyl (C=O) groups is 1. The molecule has 1 atom stereocenters. The predicted molar refractivity (Wildman–Crippen MR) is 129 cm³/mol. The van der Waals surface area contributed by atoms with Crippen LogP contribution in [-0.4, -0.2) is 33.7 Å². The van der Waals surface area contributed by atoms with Gasteiger partial charge >= 0.3 is 0 Å². The van der Waals surface area contributed by atoms with E-state index >= 15 is 0 Å². The van der Waals surface area contributed by atoms with E-state index in [2.05, 4.69) is 27.3 Å². The van der Waals surface area contributed by atoms with Gasteiger partial charge in [-0.05, 0) is 29.3 Å². The van der Waals surface area contributed by atoms with Crippen LogP contribution >= 0.6 is 23.1 Å². The van der Waals surface area contributed by atoms with Crippen molar-refractivity contribution in [2.75, 3.05) is 12.0 Å². The zero-order valence-corrected chi connectivity index (χ0v) is 18.7. The fourth-order valence-electron chi connectivity index (χ4n) is 3.48. The minimum atomic E-state index is -0.501. The minimum Gasteiger partial charge on any atom is -0.497 e. The Labute approximate surface area is 192 Å². The molecule has 1 fully saturated rings. The number of H-pyrrole nitrogens is 1. The van der Waals surface area contributed by atoms with Crippen molar-refractivity contribution in [2.24, 2.45) is 5.73 Å². The Balaban J connectivity index is 1.41. The van der Waals surface area contributed by atoms with Crippen LogP contribution in [0.2, 0.25) is 0 Å². The van der Waals surface area contributed by atoms with Gasteiger partial charge in [-0.15, -0.1) is 11.3 Å². The van der Waals surface area contributed by atoms with Gasteiger partial charge in [0.2, 0.25) is 0 Å². The summed E-state index contributed by atoms with van der Waals surface area (Å²) in [5.41, 5.74) is 10.5. The first kappa shape index (κ1) is 20.5. The first-order valence-electron chi connectivity index (χ1n) is 9.79. The lowest BCUT2D eigenvalue weighted by Crippen LogP contribution is -2.37. The second-order valence-electron chi connectivity index (χ2n) is 7.01. The maximum absolute atomic E-state index is 12.9. The third kappa shape index (κ3) is 3.81. The summed E-state index contributed by atoms with van der Waals surface area (Å²) in [5.74, 6) is 0.674. The summed E-state index contributed by atoms with van der Waals surface area (Å²) in [6.07, 6.45) is 5.21. The molecular formula is C23H19N5O2S2. The number of methoxy groups -OCH3 is 1. The summed E-state index contributed by atoms with van der Waals surface area (Å²) in [4.78, 5) is 19.2. The molecule has 1 aliphatic rings. The van der Waals surface area contributed by atoms with Crippen LogP contribution in [0.15, 0.2) is 71.2 Å². The number of nitrogens with zero attached hydrogens (tertiary/aromatic N) is 3. The second kappa shape index (κ2) is 8.62. The fourth-order valence-corrected chi connectivity index (χ4v) is 5.18. The van der Waals surface area contributed by atoms with Crippen molar-refractivity contribution in [3.8, 4) is 28.1 Å². The van der Waals surface area contributed by atoms with E-state index in [0.29, 0.717) is 10.0 Å². The number of amides is 1. The van der Waals surface area contributed by atoms with Crippen molar-refractivity contribution in [1.29, 1.82) is 0 Å². The molecule has 0 bridgehead atoms. The van der Waals surface area contributed by atoms with E-state index in [1.165, 1.54) is 28.0 Å². The average Bonchev–Trinajstić information content (AvgIpc) is 3.56. The number of thioether (sulfide) groups is 1. The number of ether oxygens (including phenoxy) is 1. The van der Waals surface area contributed by atoms with Crippen LogP contribution < -0.4 is 15.4 Å². The maximum atomic E-state index is 12.9. The van der Waals surface area contributed by atoms with Gasteiger partial charge in [-0.1, -0.05) is 48.2 Å². The lowest BCUT2D eigenvalue weighted by atomic mass is 10.0. The third-order valence-corrected chi connectivity index (χ3v) is 6.88. The molecule has 0 radical (unpaired) electrons. The van der Waals surface area contributed by atoms with Crippen molar-refractivity contribution in [3.63, 3.8) is 0 Å². The van der Waals surface area contributed by atoms with Crippen LogP contribution in [-0.2, 0) is 4.79 Å². The molecule has 5 rings (SSSR count). The molecule has 2 aromatic heterocycles. The molecule has 4 aromatic rings. The number of benzene rings is 2. The van der Waals surface area contributed by atoms with E-state index in [1.54, 1.807) is 19.5 Å². The van der Waals surface area contributed by atoms with Crippen LogP contribution in [0.5, 0.6) is 5.75 Å². The molecule has 0 saturated carbocycles. The van der Waals surface area contributed by atoms with Gasteiger partial charge in [0.15, 0.2) is 5.13 Å². The van der Waals surface area contributed by atoms with Crippen LogP contribution in [0.1, 0.15) is 5.56 Å². The summed E-state index contributed by atoms with van der Waals surface area (Å²) < 4.78 is 5.23. The first-order valence-corrected chi connectivity index (χ1v) is 11.5. The van der Waals surface area contributed by atoms with Crippen LogP contribution in [0, 0.1) is 0 Å². The number of aromatic amines is 1. The predicted octanol–water partition coefficient (Wildman–Crippen LogP) is 4.57. The molecule has 7 nitrogen and oxygen atoms in total. The minimum absolute atomic E-state index is 0.153. The Bertz CT molecular complexity index is 1260. The van der Waals surface area contributed by atoms with Crippen molar-refractivity contribution < 1.29 is 9.53 Å². The molecular weight excluding hydrogens is 442 g/mol. The van der Waals surface area contributed by atoms with Gasteiger partial charge in [0, 0.05) is 22.7 Å². The van der Waals surface area contributed by atoms with Gasteiger partial charge in [-0.25, -0.2) is 4.98 Å². The number of carbonyl (C=O) groups excluding carboxylic acids is 1. The smallest absolute Gasteiger partial charge is 0.268 e. The van der Waals surface area contributed by atoms with E-state index in [0.717, 1.165) is 33.7 Å². The SMILES string of the molecule is COc1ccc(-c2ccc(-c3[nH]ncc3/C=C3\SC(N)N(c4nccs4)C3=O)cc2)cc1. The molecule has 0 spiro atoms. The van der Waals surface area contributed by atoms with Gasteiger partial charge in [-0.2, -0.15) is 5.10 Å². The highest BCUT2D eigenvalue weighted by atomic mass is 32.2. The fraction of sp³-hybridized carbons (Fsp3) is 0.0870. The molecule has 3 N–H and O–H groups in total. The molecule has 2 aromatic carbocycles. The van der Waals surface area contributed by atoms with Crippen LogP contribution in [0.25, 0.3) is 28.5 Å². The monoisotopic (exact) mass is 461 g/mol. The maximum Gasteiger partial charge on any atom is 0.268 e. The number of rotatable bonds is 5. The highest BCUT2D eigenvalue weighted by Gasteiger charge is 2.36. The number of thiazole rings is 1. The number of nitrogens with one attached hydrogen (secondary N) is 1. The lowest BCUT2D eigenvalue weighted by Gasteiger charge is -2.15. The van der Waals surface area contributed by atoms with Crippen molar-refractivity contribution >= 4 is 40.2 Å². The lowest BCUT2D eigenvalue weighted by molar-refractivity contribution is -0.114. The zero-order chi connectivity index (χ0) is 22.1. The Morgan fingerprint density at radius 3 is 2.44 bits per heavy atom. The topological polar surface area (TPSA) is 97.1 Å². The van der Waals surface area contributed by atoms with Crippen molar-refractivity contribution in [1.82, 2.24) is 15.2 Å². The molecule has 1 amide bonds. The average molecular weight is 462 g/mol. The Kier molecular flexibility index (Phi) is 5.52. The number of anilines is 1. The zero-order valence-electron chi connectivity index (χ0n) is 17.1. The number of aromatic nitrogens is 3. The summed E-state index contributed by atoms with van der Waals surface area (Å²) in [6.45, 7) is 0. The molecule has 1 saturated heterocycles. The summed E-state index contributed by atoms with van der Waals surface area (Å²) in [7, 11) is 1.66. The summed E-state index contributed by atoms with van der Waals surface area (Å²) in [5, 5.41) is 9.66. The quantitative estimate of drug-likeness (QED) is 0.423. The number of hydrogen-bond acceptors (Lipinski definition) is 7. The van der Waals surface area contributed by atoms with E-state index < -0.39 is 5.50 Å². The Morgan fingerprint density at radius 2 is 1.78 bits per heavy atom. The number of hydrogen-bond donors (Lipinski definition) is 2. The molecule has 160 valence electrons. The summed E-state index contributed by atoms with van der Waals surface area (Å²) >= 11 is 2.70. The van der Waals surface area contributed by atoms with Gasteiger partial charge in [-0.3, -0.25) is 14.8 Å². The first-order chi connectivity index (χ1) is 15.6. The van der Waals surface area contributed by atoms with Gasteiger partial charge < -0.3 is 10.5 Å². The van der Waals surface area contributed by atoms with Gasteiger partial charge in [0.05, 0.1) is 23.9 Å². The third-order valence-electron chi connectivity index (χ3n) is 5.11. The van der Waals surface area contributed by atoms with Crippen molar-refractivity contribution in [3.05, 3.63) is 76.8 Å². The molecule has 32 heavy (non-hydrogen) atoms. The molecule has 9 heteroatoms. The largest absolute Gasteiger partial charge is 0.497 e. The van der Waals surface area contributed by atoms with Crippen LogP contribution in [0.3, 0.4) is 0 Å². The van der Waals surface area contributed by atoms with Crippen molar-refractivity contribution in [2.45, 2.75) is 5.50 Å². The molecule has 3 heterocycles. The van der Waals surface area contributed by atoms with Crippen LogP contribution in [0.4, 0.5) is 5.13 Å². The van der Waals surface area contributed by atoms with E-state index in [1.807, 2.05) is 47.9 Å². The van der Waals surface area contributed by atoms with E-state index in [9.17, 15) is 4.79 Å². The molecule has 1 aliphatic heterocycles.